The Labute approximate surface area is 177 Å². The van der Waals surface area contributed by atoms with Crippen molar-refractivity contribution in [2.75, 3.05) is 11.1 Å². The largest absolute Gasteiger partial charge is 0.368 e. The van der Waals surface area contributed by atoms with Crippen LogP contribution in [0, 0.1) is 0 Å². The van der Waals surface area contributed by atoms with Crippen LogP contribution in [0.1, 0.15) is 23.1 Å². The average molecular weight is 414 g/mol. The van der Waals surface area contributed by atoms with E-state index in [1.807, 2.05) is 30.3 Å². The van der Waals surface area contributed by atoms with Crippen molar-refractivity contribution >= 4 is 50.4 Å². The molecule has 0 bridgehead atoms. The van der Waals surface area contributed by atoms with Crippen LogP contribution in [0.2, 0.25) is 0 Å². The number of thiophene rings is 1. The number of nitrogens with two attached hydrogens (primary N) is 1. The molecule has 0 unspecified atom stereocenters. The number of aryl methyl sites for hydroxylation is 1. The van der Waals surface area contributed by atoms with E-state index in [9.17, 15) is 4.79 Å². The van der Waals surface area contributed by atoms with Crippen molar-refractivity contribution in [3.8, 4) is 0 Å². The highest BCUT2D eigenvalue weighted by Gasteiger charge is 2.22. The number of carbonyl (C=O) groups is 1. The Hall–Kier alpha value is -3.58. The van der Waals surface area contributed by atoms with Crippen LogP contribution < -0.4 is 11.1 Å². The Morgan fingerprint density at radius 2 is 2.07 bits per heavy atom. The summed E-state index contributed by atoms with van der Waals surface area (Å²) in [7, 11) is 0. The number of anilines is 3. The lowest BCUT2D eigenvalue weighted by atomic mass is 9.98. The number of Topliss-reactive ketones (excluding diaryl/α,β-unsaturated/α-hetero) is 1. The summed E-state index contributed by atoms with van der Waals surface area (Å²) in [4.78, 5) is 25.5. The molecule has 0 amide bonds. The number of hydrogen-bond acceptors (Lipinski definition) is 7. The van der Waals surface area contributed by atoms with Gasteiger partial charge in [0.15, 0.2) is 5.78 Å². The number of nitrogens with one attached hydrogen (secondary N) is 1. The quantitative estimate of drug-likeness (QED) is 0.485. The molecular weight excluding hydrogens is 394 g/mol. The molecule has 7 heteroatoms. The number of nitrogens with zero attached hydrogens (tertiary/aromatic N) is 3. The van der Waals surface area contributed by atoms with Crippen molar-refractivity contribution in [2.24, 2.45) is 4.99 Å². The summed E-state index contributed by atoms with van der Waals surface area (Å²) in [5.74, 6) is 0.890. The van der Waals surface area contributed by atoms with Crippen molar-refractivity contribution in [1.29, 1.82) is 0 Å². The number of nitrogen functional groups attached to an aromatic ring is 1. The number of hydrogen-bond donors (Lipinski definition) is 2. The molecule has 0 saturated heterocycles. The first-order chi connectivity index (χ1) is 14.7. The number of ketones is 1. The zero-order chi connectivity index (χ0) is 20.5. The molecule has 6 nitrogen and oxygen atoms in total. The lowest BCUT2D eigenvalue weighted by molar-refractivity contribution is -0.112. The summed E-state index contributed by atoms with van der Waals surface area (Å²) < 4.78 is 1.25. The molecule has 0 spiro atoms. The number of aliphatic imine (C=N–C) groups is 1. The number of rotatable bonds is 6. The lowest BCUT2D eigenvalue weighted by Gasteiger charge is -2.09. The first-order valence-corrected chi connectivity index (χ1v) is 10.6. The van der Waals surface area contributed by atoms with Crippen molar-refractivity contribution in [1.82, 2.24) is 9.97 Å². The monoisotopic (exact) mass is 413 g/mol. The van der Waals surface area contributed by atoms with Crippen LogP contribution in [0.25, 0.3) is 10.1 Å². The highest BCUT2D eigenvalue weighted by molar-refractivity contribution is 7.17. The van der Waals surface area contributed by atoms with Gasteiger partial charge >= 0.3 is 0 Å². The molecule has 2 aromatic heterocycles. The van der Waals surface area contributed by atoms with Crippen molar-refractivity contribution in [3.63, 3.8) is 0 Å². The van der Waals surface area contributed by atoms with Crippen molar-refractivity contribution in [2.45, 2.75) is 19.4 Å². The second-order valence-corrected chi connectivity index (χ2v) is 8.05. The molecule has 2 aromatic carbocycles. The van der Waals surface area contributed by atoms with E-state index in [1.165, 1.54) is 15.6 Å². The maximum Gasteiger partial charge on any atom is 0.221 e. The van der Waals surface area contributed by atoms with Gasteiger partial charge in [-0.1, -0.05) is 24.3 Å². The number of aromatic nitrogens is 2. The Kier molecular flexibility index (Phi) is 4.72. The Morgan fingerprint density at radius 1 is 1.17 bits per heavy atom. The molecule has 30 heavy (non-hydrogen) atoms. The van der Waals surface area contributed by atoms with Gasteiger partial charge in [-0.2, -0.15) is 4.98 Å². The predicted molar refractivity (Wildman–Crippen MR) is 122 cm³/mol. The predicted octanol–water partition coefficient (Wildman–Crippen LogP) is 4.52. The number of fused-ring (bicyclic) bond motifs is 2. The van der Waals surface area contributed by atoms with Gasteiger partial charge in [0.2, 0.25) is 5.95 Å². The molecule has 0 fully saturated rings. The van der Waals surface area contributed by atoms with Gasteiger partial charge in [-0.25, -0.2) is 4.98 Å². The highest BCUT2D eigenvalue weighted by Crippen LogP contribution is 2.28. The Bertz CT molecular complexity index is 1290. The van der Waals surface area contributed by atoms with Gasteiger partial charge < -0.3 is 11.1 Å². The Morgan fingerprint density at radius 3 is 2.97 bits per heavy atom. The molecule has 5 rings (SSSR count). The minimum atomic E-state index is 0.0764. The average Bonchev–Trinajstić information content (AvgIpc) is 3.36. The minimum Gasteiger partial charge on any atom is -0.368 e. The topological polar surface area (TPSA) is 93.3 Å². The summed E-state index contributed by atoms with van der Waals surface area (Å²) in [6.45, 7) is 0.540. The summed E-state index contributed by atoms with van der Waals surface area (Å²) in [5, 5.41) is 6.60. The lowest BCUT2D eigenvalue weighted by Crippen LogP contribution is -2.15. The van der Waals surface area contributed by atoms with Crippen LogP contribution in [-0.2, 0) is 17.8 Å². The van der Waals surface area contributed by atoms with Crippen molar-refractivity contribution < 1.29 is 4.79 Å². The van der Waals surface area contributed by atoms with Gasteiger partial charge in [0.25, 0.3) is 0 Å². The second-order valence-electron chi connectivity index (χ2n) is 7.14. The molecule has 148 valence electrons. The second kappa shape index (κ2) is 7.68. The van der Waals surface area contributed by atoms with Crippen LogP contribution in [-0.4, -0.2) is 21.5 Å². The molecule has 1 aliphatic heterocycles. The van der Waals surface area contributed by atoms with Gasteiger partial charge in [0.05, 0.1) is 6.54 Å². The summed E-state index contributed by atoms with van der Waals surface area (Å²) in [6.07, 6.45) is 2.76. The third-order valence-electron chi connectivity index (χ3n) is 5.17. The fourth-order valence-electron chi connectivity index (χ4n) is 3.68. The van der Waals surface area contributed by atoms with Gasteiger partial charge in [-0.3, -0.25) is 9.79 Å². The normalized spacial score (nSPS) is 12.6. The van der Waals surface area contributed by atoms with Gasteiger partial charge in [0, 0.05) is 28.6 Å². The molecule has 0 saturated carbocycles. The standard InChI is InChI=1S/C23H19N5OS/c24-23-25-10-9-21(28-23)27-16-7-5-14-12-26-22(18(14)11-16)19(29)8-6-15-13-30-20-4-2-1-3-17(15)20/h1-5,7,9-11,13H,6,8,12H2,(H3,24,25,27,28). The summed E-state index contributed by atoms with van der Waals surface area (Å²) in [6, 6.07) is 16.0. The maximum atomic E-state index is 13.0. The van der Waals surface area contributed by atoms with Gasteiger partial charge in [0.1, 0.15) is 11.5 Å². The van der Waals surface area contributed by atoms with Crippen LogP contribution in [0.15, 0.2) is 65.1 Å². The van der Waals surface area contributed by atoms with Crippen LogP contribution in [0.3, 0.4) is 0 Å². The first-order valence-electron chi connectivity index (χ1n) is 9.69. The van der Waals surface area contributed by atoms with Gasteiger partial charge in [-0.05, 0) is 52.6 Å². The summed E-state index contributed by atoms with van der Waals surface area (Å²) in [5.41, 5.74) is 10.2. The third-order valence-corrected chi connectivity index (χ3v) is 6.18. The van der Waals surface area contributed by atoms with Crippen LogP contribution >= 0.6 is 11.3 Å². The van der Waals surface area contributed by atoms with Crippen LogP contribution in [0.4, 0.5) is 17.5 Å². The molecule has 1 aliphatic rings. The molecule has 0 atom stereocenters. The van der Waals surface area contributed by atoms with E-state index in [0.29, 0.717) is 24.5 Å². The van der Waals surface area contributed by atoms with E-state index in [2.05, 4.69) is 37.8 Å². The first kappa shape index (κ1) is 18.4. The van der Waals surface area contributed by atoms with E-state index in [4.69, 9.17) is 5.73 Å². The van der Waals surface area contributed by atoms with E-state index in [-0.39, 0.29) is 11.7 Å². The number of benzene rings is 2. The smallest absolute Gasteiger partial charge is 0.221 e. The van der Waals surface area contributed by atoms with E-state index in [1.54, 1.807) is 23.6 Å². The molecular formula is C23H19N5OS. The van der Waals surface area contributed by atoms with Gasteiger partial charge in [-0.15, -0.1) is 11.3 Å². The molecule has 0 radical (unpaired) electrons. The fraction of sp³-hybridized carbons (Fsp3) is 0.130. The number of carbonyl (C=O) groups excluding carboxylic acids is 1. The molecule has 0 aliphatic carbocycles. The zero-order valence-corrected chi connectivity index (χ0v) is 16.9. The zero-order valence-electron chi connectivity index (χ0n) is 16.1. The van der Waals surface area contributed by atoms with E-state index in [0.717, 1.165) is 23.2 Å². The SMILES string of the molecule is Nc1nccc(Nc2ccc3c(c2)C(C(=O)CCc2csc4ccccc24)=NC3)n1. The molecule has 4 aromatic rings. The molecule has 3 N–H and O–H groups in total. The molecule has 3 heterocycles. The highest BCUT2D eigenvalue weighted by atomic mass is 32.1. The van der Waals surface area contributed by atoms with E-state index >= 15 is 0 Å². The fourth-order valence-corrected chi connectivity index (χ4v) is 4.68. The van der Waals surface area contributed by atoms with Crippen molar-refractivity contribution in [3.05, 3.63) is 76.8 Å². The van der Waals surface area contributed by atoms with Crippen LogP contribution in [0.5, 0.6) is 0 Å². The Balaban J connectivity index is 1.32. The maximum absolute atomic E-state index is 13.0. The summed E-state index contributed by atoms with van der Waals surface area (Å²) >= 11 is 1.72. The third kappa shape index (κ3) is 3.55. The van der Waals surface area contributed by atoms with E-state index < -0.39 is 0 Å². The minimum absolute atomic E-state index is 0.0764.